The Labute approximate surface area is 149 Å². The van der Waals surface area contributed by atoms with Crippen LogP contribution in [0.15, 0.2) is 45.6 Å². The Morgan fingerprint density at radius 3 is 2.79 bits per heavy atom. The molecule has 8 heteroatoms. The second-order valence-electron chi connectivity index (χ2n) is 5.70. The highest BCUT2D eigenvalue weighted by Crippen LogP contribution is 2.34. The fraction of sp³-hybridized carbons (Fsp3) is 0.375. The van der Waals surface area contributed by atoms with Gasteiger partial charge in [-0.15, -0.1) is 0 Å². The van der Waals surface area contributed by atoms with E-state index in [1.807, 2.05) is 13.0 Å². The molecule has 1 aliphatic carbocycles. The first-order valence-corrected chi connectivity index (χ1v) is 8.34. The molecule has 2 heterocycles. The summed E-state index contributed by atoms with van der Waals surface area (Å²) in [5, 5.41) is 8.10. The van der Waals surface area contributed by atoms with E-state index < -0.39 is 0 Å². The molecule has 2 aliphatic rings. The van der Waals surface area contributed by atoms with Crippen LogP contribution in [0.25, 0.3) is 0 Å². The molecule has 1 N–H and O–H groups in total. The number of amides is 1. The number of oxime groups is 1. The SMILES string of the molecule is CC1ON=C(C2=CC(Cl)=C(Cl)CC2)C1CC(=O)Nc1cncnc1. The van der Waals surface area contributed by atoms with E-state index >= 15 is 0 Å². The van der Waals surface area contributed by atoms with Crippen molar-refractivity contribution >= 4 is 40.5 Å². The zero-order valence-corrected chi connectivity index (χ0v) is 14.5. The third-order valence-corrected chi connectivity index (χ3v) is 4.81. The molecule has 126 valence electrons. The normalized spacial score (nSPS) is 23.5. The molecule has 0 spiro atoms. The highest BCUT2D eigenvalue weighted by Gasteiger charge is 2.35. The Kier molecular flexibility index (Phi) is 5.16. The number of aromatic nitrogens is 2. The highest BCUT2D eigenvalue weighted by atomic mass is 35.5. The van der Waals surface area contributed by atoms with Crippen LogP contribution in [0.2, 0.25) is 0 Å². The van der Waals surface area contributed by atoms with E-state index in [4.69, 9.17) is 28.0 Å². The molecule has 1 aliphatic heterocycles. The van der Waals surface area contributed by atoms with Crippen LogP contribution < -0.4 is 5.32 Å². The van der Waals surface area contributed by atoms with Crippen molar-refractivity contribution in [2.75, 3.05) is 5.32 Å². The first-order valence-electron chi connectivity index (χ1n) is 7.58. The summed E-state index contributed by atoms with van der Waals surface area (Å²) in [4.78, 5) is 25.4. The maximum Gasteiger partial charge on any atom is 0.225 e. The van der Waals surface area contributed by atoms with Gasteiger partial charge in [0, 0.05) is 11.5 Å². The van der Waals surface area contributed by atoms with Crippen molar-refractivity contribution < 1.29 is 9.63 Å². The van der Waals surface area contributed by atoms with Crippen molar-refractivity contribution in [3.63, 3.8) is 0 Å². The van der Waals surface area contributed by atoms with E-state index in [9.17, 15) is 4.79 Å². The lowest BCUT2D eigenvalue weighted by molar-refractivity contribution is -0.117. The fourth-order valence-corrected chi connectivity index (χ4v) is 3.08. The minimum absolute atomic E-state index is 0.137. The van der Waals surface area contributed by atoms with Gasteiger partial charge in [0.05, 0.1) is 34.7 Å². The predicted octanol–water partition coefficient (Wildman–Crippen LogP) is 3.61. The lowest BCUT2D eigenvalue weighted by atomic mass is 9.86. The topological polar surface area (TPSA) is 76.5 Å². The number of anilines is 1. The molecule has 24 heavy (non-hydrogen) atoms. The maximum absolute atomic E-state index is 12.3. The minimum atomic E-state index is -0.182. The van der Waals surface area contributed by atoms with Crippen molar-refractivity contribution in [1.29, 1.82) is 0 Å². The second kappa shape index (κ2) is 7.32. The number of allylic oxidation sites excluding steroid dienone is 4. The van der Waals surface area contributed by atoms with Gasteiger partial charge < -0.3 is 10.2 Å². The minimum Gasteiger partial charge on any atom is -0.392 e. The van der Waals surface area contributed by atoms with Gasteiger partial charge in [0.25, 0.3) is 0 Å². The fourth-order valence-electron chi connectivity index (χ4n) is 2.71. The van der Waals surface area contributed by atoms with Gasteiger partial charge in [-0.25, -0.2) is 9.97 Å². The largest absolute Gasteiger partial charge is 0.392 e. The summed E-state index contributed by atoms with van der Waals surface area (Å²) in [6.07, 6.45) is 7.78. The number of hydrogen-bond donors (Lipinski definition) is 1. The number of halogens is 2. The quantitative estimate of drug-likeness (QED) is 0.882. The molecule has 1 aromatic heterocycles. The average molecular weight is 367 g/mol. The summed E-state index contributed by atoms with van der Waals surface area (Å²) in [7, 11) is 0. The molecule has 2 unspecified atom stereocenters. The van der Waals surface area contributed by atoms with Crippen LogP contribution in [0.4, 0.5) is 5.69 Å². The Bertz CT molecular complexity index is 731. The number of carbonyl (C=O) groups excluding carboxylic acids is 1. The second-order valence-corrected chi connectivity index (χ2v) is 6.56. The summed E-state index contributed by atoms with van der Waals surface area (Å²) < 4.78 is 0. The number of hydrogen-bond acceptors (Lipinski definition) is 5. The number of carbonyl (C=O) groups is 1. The van der Waals surface area contributed by atoms with Gasteiger partial charge in [0.1, 0.15) is 12.4 Å². The van der Waals surface area contributed by atoms with Crippen LogP contribution in [0.1, 0.15) is 26.2 Å². The lowest BCUT2D eigenvalue weighted by Crippen LogP contribution is -2.28. The van der Waals surface area contributed by atoms with Crippen molar-refractivity contribution in [2.45, 2.75) is 32.3 Å². The summed E-state index contributed by atoms with van der Waals surface area (Å²) in [5.74, 6) is -0.279. The molecule has 0 bridgehead atoms. The molecule has 3 rings (SSSR count). The first kappa shape index (κ1) is 16.9. The molecule has 0 radical (unpaired) electrons. The van der Waals surface area contributed by atoms with E-state index in [2.05, 4.69) is 20.4 Å². The van der Waals surface area contributed by atoms with Crippen LogP contribution >= 0.6 is 23.2 Å². The van der Waals surface area contributed by atoms with Gasteiger partial charge in [-0.2, -0.15) is 0 Å². The molecule has 2 atom stereocenters. The number of nitrogens with one attached hydrogen (secondary N) is 1. The molecule has 1 amide bonds. The summed E-state index contributed by atoms with van der Waals surface area (Å²) in [5.41, 5.74) is 2.29. The van der Waals surface area contributed by atoms with Crippen LogP contribution in [-0.2, 0) is 9.63 Å². The monoisotopic (exact) mass is 366 g/mol. The van der Waals surface area contributed by atoms with E-state index in [0.717, 1.165) is 17.7 Å². The number of nitrogens with zero attached hydrogens (tertiary/aromatic N) is 3. The smallest absolute Gasteiger partial charge is 0.225 e. The molecule has 0 aromatic carbocycles. The molecule has 0 saturated heterocycles. The molecule has 0 fully saturated rings. The summed E-state index contributed by atoms with van der Waals surface area (Å²) in [6, 6.07) is 0. The van der Waals surface area contributed by atoms with Crippen molar-refractivity contribution in [3.8, 4) is 0 Å². The van der Waals surface area contributed by atoms with E-state index in [0.29, 0.717) is 22.2 Å². The highest BCUT2D eigenvalue weighted by molar-refractivity contribution is 6.40. The molecule has 6 nitrogen and oxygen atoms in total. The Balaban J connectivity index is 1.71. The van der Waals surface area contributed by atoms with E-state index in [1.165, 1.54) is 6.33 Å². The van der Waals surface area contributed by atoms with Gasteiger partial charge >= 0.3 is 0 Å². The van der Waals surface area contributed by atoms with Crippen LogP contribution in [0.5, 0.6) is 0 Å². The van der Waals surface area contributed by atoms with E-state index in [1.54, 1.807) is 12.4 Å². The molecule has 1 aromatic rings. The first-order chi connectivity index (χ1) is 11.5. The van der Waals surface area contributed by atoms with Crippen LogP contribution in [-0.4, -0.2) is 27.7 Å². The summed E-state index contributed by atoms with van der Waals surface area (Å²) >= 11 is 12.2. The lowest BCUT2D eigenvalue weighted by Gasteiger charge is -2.19. The Morgan fingerprint density at radius 1 is 1.33 bits per heavy atom. The van der Waals surface area contributed by atoms with Gasteiger partial charge in [-0.1, -0.05) is 28.4 Å². The predicted molar refractivity (Wildman–Crippen MR) is 92.8 cm³/mol. The van der Waals surface area contributed by atoms with Crippen LogP contribution in [0.3, 0.4) is 0 Å². The van der Waals surface area contributed by atoms with Crippen molar-refractivity contribution in [2.24, 2.45) is 11.1 Å². The van der Waals surface area contributed by atoms with Gasteiger partial charge in [-0.3, -0.25) is 4.79 Å². The van der Waals surface area contributed by atoms with Gasteiger partial charge in [-0.05, 0) is 31.4 Å². The van der Waals surface area contributed by atoms with E-state index in [-0.39, 0.29) is 24.3 Å². The zero-order chi connectivity index (χ0) is 17.1. The molecule has 0 saturated carbocycles. The van der Waals surface area contributed by atoms with Gasteiger partial charge in [0.2, 0.25) is 5.91 Å². The summed E-state index contributed by atoms with van der Waals surface area (Å²) in [6.45, 7) is 1.90. The Morgan fingerprint density at radius 2 is 2.08 bits per heavy atom. The molecular formula is C16H16Cl2N4O2. The third-order valence-electron chi connectivity index (χ3n) is 3.99. The average Bonchev–Trinajstić information content (AvgIpc) is 2.92. The maximum atomic E-state index is 12.3. The Hall–Kier alpha value is -1.92. The van der Waals surface area contributed by atoms with Crippen LogP contribution in [0, 0.1) is 5.92 Å². The van der Waals surface area contributed by atoms with Crippen molar-refractivity contribution in [1.82, 2.24) is 9.97 Å². The van der Waals surface area contributed by atoms with Crippen molar-refractivity contribution in [3.05, 3.63) is 40.4 Å². The standard InChI is InChI=1S/C16H16Cl2N4O2/c1-9-12(5-15(23)21-11-6-19-8-20-7-11)16(22-24-9)10-2-3-13(17)14(18)4-10/h4,6-9,12H,2-3,5H2,1H3,(H,21,23). The van der Waals surface area contributed by atoms with Gasteiger partial charge in [0.15, 0.2) is 0 Å². The zero-order valence-electron chi connectivity index (χ0n) is 13.0. The number of rotatable bonds is 4. The molecular weight excluding hydrogens is 351 g/mol. The third kappa shape index (κ3) is 3.76.